The molecule has 5 heteroatoms. The van der Waals surface area contributed by atoms with Gasteiger partial charge in [0.25, 0.3) is 0 Å². The predicted molar refractivity (Wildman–Crippen MR) is 82.3 cm³/mol. The lowest BCUT2D eigenvalue weighted by Crippen LogP contribution is -2.23. The fraction of sp³-hybridized carbons (Fsp3) is 0.200. The van der Waals surface area contributed by atoms with Crippen LogP contribution in [0.3, 0.4) is 0 Å². The van der Waals surface area contributed by atoms with Gasteiger partial charge < -0.3 is 27.0 Å². The van der Waals surface area contributed by atoms with E-state index < -0.39 is 6.10 Å². The van der Waals surface area contributed by atoms with E-state index >= 15 is 0 Å². The van der Waals surface area contributed by atoms with Crippen LogP contribution in [0.25, 0.3) is 11.1 Å². The van der Waals surface area contributed by atoms with E-state index in [0.29, 0.717) is 11.4 Å². The van der Waals surface area contributed by atoms with Crippen LogP contribution in [-0.2, 0) is 0 Å². The van der Waals surface area contributed by atoms with Crippen LogP contribution in [0.5, 0.6) is 0 Å². The summed E-state index contributed by atoms with van der Waals surface area (Å²) in [7, 11) is 0. The molecule has 0 aromatic heterocycles. The first kappa shape index (κ1) is 14.2. The molecule has 2 aromatic rings. The molecule has 7 N–H and O–H groups in total. The third-order valence-corrected chi connectivity index (χ3v) is 2.98. The number of anilines is 3. The Hall–Kier alpha value is -2.24. The molecule has 0 amide bonds. The number of nitrogen functional groups attached to an aromatic ring is 2. The van der Waals surface area contributed by atoms with Gasteiger partial charge >= 0.3 is 0 Å². The molecule has 5 nitrogen and oxygen atoms in total. The normalized spacial score (nSPS) is 12.1. The van der Waals surface area contributed by atoms with Crippen molar-refractivity contribution in [3.63, 3.8) is 0 Å². The molecule has 20 heavy (non-hydrogen) atoms. The van der Waals surface area contributed by atoms with Crippen LogP contribution in [0.4, 0.5) is 17.1 Å². The number of aliphatic hydroxyl groups excluding tert-OH is 2. The Balaban J connectivity index is 2.33. The summed E-state index contributed by atoms with van der Waals surface area (Å²) in [6, 6.07) is 13.0. The number of benzene rings is 2. The Morgan fingerprint density at radius 1 is 1.05 bits per heavy atom. The lowest BCUT2D eigenvalue weighted by molar-refractivity contribution is 0.105. The van der Waals surface area contributed by atoms with Gasteiger partial charge in [-0.25, -0.2) is 0 Å². The molecule has 0 fully saturated rings. The van der Waals surface area contributed by atoms with E-state index in [1.165, 1.54) is 0 Å². The second kappa shape index (κ2) is 6.27. The van der Waals surface area contributed by atoms with Crippen LogP contribution in [0.2, 0.25) is 0 Å². The largest absolute Gasteiger partial charge is 0.399 e. The summed E-state index contributed by atoms with van der Waals surface area (Å²) in [5.74, 6) is 0. The fourth-order valence-electron chi connectivity index (χ4n) is 1.95. The minimum absolute atomic E-state index is 0.260. The maximum Gasteiger partial charge on any atom is 0.0942 e. The van der Waals surface area contributed by atoms with Crippen molar-refractivity contribution in [2.75, 3.05) is 29.9 Å². The van der Waals surface area contributed by atoms with Crippen molar-refractivity contribution in [2.24, 2.45) is 0 Å². The summed E-state index contributed by atoms with van der Waals surface area (Å²) in [6.45, 7) is -0.0225. The lowest BCUT2D eigenvalue weighted by Gasteiger charge is -2.15. The van der Waals surface area contributed by atoms with Crippen molar-refractivity contribution < 1.29 is 10.2 Å². The monoisotopic (exact) mass is 273 g/mol. The molecule has 1 unspecified atom stereocenters. The minimum Gasteiger partial charge on any atom is -0.399 e. The van der Waals surface area contributed by atoms with E-state index in [2.05, 4.69) is 5.32 Å². The zero-order chi connectivity index (χ0) is 14.5. The van der Waals surface area contributed by atoms with Gasteiger partial charge in [0, 0.05) is 29.2 Å². The number of aliphatic hydroxyl groups is 2. The number of rotatable bonds is 5. The van der Waals surface area contributed by atoms with Crippen molar-refractivity contribution in [3.8, 4) is 11.1 Å². The van der Waals surface area contributed by atoms with Crippen molar-refractivity contribution in [1.29, 1.82) is 0 Å². The third-order valence-electron chi connectivity index (χ3n) is 2.98. The highest BCUT2D eigenvalue weighted by atomic mass is 16.3. The molecular weight excluding hydrogens is 254 g/mol. The molecule has 106 valence electrons. The average Bonchev–Trinajstić information content (AvgIpc) is 2.45. The molecule has 0 saturated heterocycles. The molecule has 0 aliphatic heterocycles. The SMILES string of the molecule is Nc1cccc(-c2cc(N)ccc2NCC(O)CO)c1. The Labute approximate surface area is 117 Å². The highest BCUT2D eigenvalue weighted by Crippen LogP contribution is 2.31. The molecule has 0 bridgehead atoms. The van der Waals surface area contributed by atoms with Crippen LogP contribution in [0.15, 0.2) is 42.5 Å². The maximum absolute atomic E-state index is 9.42. The molecule has 2 rings (SSSR count). The van der Waals surface area contributed by atoms with Crippen LogP contribution in [-0.4, -0.2) is 29.5 Å². The Bertz CT molecular complexity index is 587. The van der Waals surface area contributed by atoms with Gasteiger partial charge in [-0.15, -0.1) is 0 Å². The van der Waals surface area contributed by atoms with Crippen LogP contribution >= 0.6 is 0 Å². The highest BCUT2D eigenvalue weighted by Gasteiger charge is 2.08. The molecule has 0 saturated carbocycles. The number of nitrogens with one attached hydrogen (secondary N) is 1. The average molecular weight is 273 g/mol. The summed E-state index contributed by atoms with van der Waals surface area (Å²) in [4.78, 5) is 0. The molecule has 0 heterocycles. The quantitative estimate of drug-likeness (QED) is 0.528. The third kappa shape index (κ3) is 3.40. The Morgan fingerprint density at radius 2 is 1.80 bits per heavy atom. The molecular formula is C15H19N3O2. The van der Waals surface area contributed by atoms with E-state index in [9.17, 15) is 5.11 Å². The van der Waals surface area contributed by atoms with E-state index in [1.807, 2.05) is 36.4 Å². The number of nitrogens with two attached hydrogens (primary N) is 2. The molecule has 0 aliphatic rings. The van der Waals surface area contributed by atoms with Crippen molar-refractivity contribution in [3.05, 3.63) is 42.5 Å². The van der Waals surface area contributed by atoms with Crippen LogP contribution in [0, 0.1) is 0 Å². The van der Waals surface area contributed by atoms with E-state index in [-0.39, 0.29) is 13.2 Å². The van der Waals surface area contributed by atoms with Gasteiger partial charge in [-0.05, 0) is 35.9 Å². The first-order valence-electron chi connectivity index (χ1n) is 6.38. The summed E-state index contributed by atoms with van der Waals surface area (Å²) < 4.78 is 0. The maximum atomic E-state index is 9.42. The van der Waals surface area contributed by atoms with Gasteiger partial charge in [0.05, 0.1) is 12.7 Å². The minimum atomic E-state index is -0.804. The standard InChI is InChI=1S/C15H19N3O2/c16-11-3-1-2-10(6-11)14-7-12(17)4-5-15(14)18-8-13(20)9-19/h1-7,13,18-20H,8-9,16-17H2. The first-order chi connectivity index (χ1) is 9.60. The van der Waals surface area contributed by atoms with E-state index in [1.54, 1.807) is 6.07 Å². The molecule has 0 radical (unpaired) electrons. The summed E-state index contributed by atoms with van der Waals surface area (Å²) in [6.07, 6.45) is -0.804. The topological polar surface area (TPSA) is 105 Å². The van der Waals surface area contributed by atoms with Gasteiger partial charge in [0.15, 0.2) is 0 Å². The number of hydrogen-bond acceptors (Lipinski definition) is 5. The molecule has 0 aliphatic carbocycles. The zero-order valence-corrected chi connectivity index (χ0v) is 11.1. The Kier molecular flexibility index (Phi) is 4.45. The van der Waals surface area contributed by atoms with Gasteiger partial charge in [-0.3, -0.25) is 0 Å². The molecule has 1 atom stereocenters. The van der Waals surface area contributed by atoms with Crippen LogP contribution in [0.1, 0.15) is 0 Å². The predicted octanol–water partition coefficient (Wildman–Crippen LogP) is 1.28. The van der Waals surface area contributed by atoms with Gasteiger partial charge in [0.1, 0.15) is 0 Å². The first-order valence-corrected chi connectivity index (χ1v) is 6.38. The van der Waals surface area contributed by atoms with Crippen molar-refractivity contribution in [1.82, 2.24) is 0 Å². The number of hydrogen-bond donors (Lipinski definition) is 5. The second-order valence-corrected chi connectivity index (χ2v) is 4.65. The van der Waals surface area contributed by atoms with Gasteiger partial charge in [-0.1, -0.05) is 12.1 Å². The Morgan fingerprint density at radius 3 is 2.50 bits per heavy atom. The smallest absolute Gasteiger partial charge is 0.0942 e. The van der Waals surface area contributed by atoms with Crippen molar-refractivity contribution in [2.45, 2.75) is 6.10 Å². The molecule has 0 spiro atoms. The van der Waals surface area contributed by atoms with E-state index in [4.69, 9.17) is 16.6 Å². The van der Waals surface area contributed by atoms with Crippen LogP contribution < -0.4 is 16.8 Å². The van der Waals surface area contributed by atoms with Crippen molar-refractivity contribution >= 4 is 17.1 Å². The summed E-state index contributed by atoms with van der Waals surface area (Å²) >= 11 is 0. The fourth-order valence-corrected chi connectivity index (χ4v) is 1.95. The summed E-state index contributed by atoms with van der Waals surface area (Å²) in [5, 5.41) is 21.4. The van der Waals surface area contributed by atoms with E-state index in [0.717, 1.165) is 16.8 Å². The zero-order valence-electron chi connectivity index (χ0n) is 11.1. The summed E-state index contributed by atoms with van der Waals surface area (Å²) in [5.41, 5.74) is 15.6. The van der Waals surface area contributed by atoms with Gasteiger partial charge in [0.2, 0.25) is 0 Å². The second-order valence-electron chi connectivity index (χ2n) is 4.65. The highest BCUT2D eigenvalue weighted by molar-refractivity contribution is 5.82. The molecule has 2 aromatic carbocycles. The van der Waals surface area contributed by atoms with Gasteiger partial charge in [-0.2, -0.15) is 0 Å². The lowest BCUT2D eigenvalue weighted by atomic mass is 10.0.